The number of anilines is 1. The van der Waals surface area contributed by atoms with Crippen LogP contribution in [0.1, 0.15) is 152 Å². The molecule has 2 aliphatic rings. The number of ether oxygens (including phenoxy) is 1. The number of benzene rings is 1. The van der Waals surface area contributed by atoms with E-state index in [1.165, 1.54) is 50.3 Å². The largest absolute Gasteiger partial charge is 0.457 e. The number of carbonyl (C=O) groups excluding carboxylic acids is 1. The van der Waals surface area contributed by atoms with Crippen LogP contribution in [0.25, 0.3) is 0 Å². The molecule has 6 heteroatoms. The number of unbranched alkanes of at least 4 members (excludes halogenated alkanes) is 6. The number of nitrogens with zero attached hydrogens (tertiary/aromatic N) is 3. The van der Waals surface area contributed by atoms with Gasteiger partial charge in [-0.15, -0.1) is 0 Å². The predicted octanol–water partition coefficient (Wildman–Crippen LogP) is 11.6. The number of para-hydroxylation sites is 1. The lowest BCUT2D eigenvalue weighted by Crippen LogP contribution is -2.56. The molecule has 0 N–H and O–H groups in total. The number of hydrogen-bond acceptors (Lipinski definition) is 5. The first-order valence-corrected chi connectivity index (χ1v) is 20.6. The Labute approximate surface area is 310 Å². The minimum absolute atomic E-state index is 0.0941. The van der Waals surface area contributed by atoms with Crippen LogP contribution in [0.3, 0.4) is 0 Å². The van der Waals surface area contributed by atoms with Crippen LogP contribution < -0.4 is 4.90 Å². The molecule has 50 heavy (non-hydrogen) atoms. The Morgan fingerprint density at radius 3 is 2.24 bits per heavy atom. The lowest BCUT2D eigenvalue weighted by molar-refractivity contribution is -0.147. The second kappa shape index (κ2) is 28.4. The summed E-state index contributed by atoms with van der Waals surface area (Å²) in [5.74, 6) is -0.124. The van der Waals surface area contributed by atoms with Crippen molar-refractivity contribution in [2.75, 3.05) is 51.7 Å². The Kier molecular flexibility index (Phi) is 27.2. The Morgan fingerprint density at radius 1 is 0.980 bits per heavy atom. The van der Waals surface area contributed by atoms with Gasteiger partial charge in [-0.25, -0.2) is 4.39 Å². The van der Waals surface area contributed by atoms with Crippen molar-refractivity contribution in [1.29, 1.82) is 0 Å². The van der Waals surface area contributed by atoms with Gasteiger partial charge in [0.1, 0.15) is 12.3 Å². The maximum Gasteiger partial charge on any atom is 0.306 e. The van der Waals surface area contributed by atoms with Crippen LogP contribution >= 0.6 is 0 Å². The molecule has 0 saturated carbocycles. The van der Waals surface area contributed by atoms with Gasteiger partial charge >= 0.3 is 5.97 Å². The van der Waals surface area contributed by atoms with Gasteiger partial charge in [0.05, 0.1) is 0 Å². The number of rotatable bonds is 20. The Balaban J connectivity index is 0.00000379. The van der Waals surface area contributed by atoms with Gasteiger partial charge < -0.3 is 19.4 Å². The summed E-state index contributed by atoms with van der Waals surface area (Å²) in [6.07, 6.45) is 16.5. The van der Waals surface area contributed by atoms with E-state index in [2.05, 4.69) is 79.9 Å². The van der Waals surface area contributed by atoms with Crippen LogP contribution in [0.5, 0.6) is 0 Å². The molecule has 2 aliphatic heterocycles. The summed E-state index contributed by atoms with van der Waals surface area (Å²) >= 11 is 0. The molecule has 0 radical (unpaired) electrons. The van der Waals surface area contributed by atoms with Crippen molar-refractivity contribution in [2.45, 2.75) is 170 Å². The highest BCUT2D eigenvalue weighted by atomic mass is 19.1. The highest BCUT2D eigenvalue weighted by Gasteiger charge is 2.50. The SMILES string of the molecule is CC.CC.CC.CC/C=C(\C=C/C(C)F)C(CCCN1CCC2N(CCN(C)C)c3ccccc3C2(C)C1)OC(=O)CCCCCCCCC. The van der Waals surface area contributed by atoms with E-state index in [4.69, 9.17) is 4.74 Å². The average molecular weight is 702 g/mol. The Morgan fingerprint density at radius 2 is 1.62 bits per heavy atom. The lowest BCUT2D eigenvalue weighted by Gasteiger charge is -2.45. The molecule has 0 bridgehead atoms. The average Bonchev–Trinajstić information content (AvgIpc) is 3.37. The van der Waals surface area contributed by atoms with E-state index in [1.807, 2.05) is 47.6 Å². The molecule has 0 amide bonds. The molecule has 5 nitrogen and oxygen atoms in total. The molecule has 4 unspecified atom stereocenters. The molecule has 3 rings (SSSR count). The van der Waals surface area contributed by atoms with E-state index in [1.54, 1.807) is 6.08 Å². The van der Waals surface area contributed by atoms with Gasteiger partial charge in [-0.05, 0) is 76.9 Å². The van der Waals surface area contributed by atoms with E-state index in [0.717, 1.165) is 76.8 Å². The fourth-order valence-electron chi connectivity index (χ4n) is 7.21. The zero-order chi connectivity index (χ0) is 38.0. The fraction of sp³-hybridized carbons (Fsp3) is 0.750. The second-order valence-corrected chi connectivity index (χ2v) is 13.7. The van der Waals surface area contributed by atoms with Gasteiger partial charge in [0.2, 0.25) is 0 Å². The normalized spacial score (nSPS) is 19.7. The first-order chi connectivity index (χ1) is 24.2. The van der Waals surface area contributed by atoms with Crippen molar-refractivity contribution in [3.05, 3.63) is 53.6 Å². The number of carbonyl (C=O) groups is 1. The lowest BCUT2D eigenvalue weighted by atomic mass is 9.74. The van der Waals surface area contributed by atoms with Crippen molar-refractivity contribution in [3.63, 3.8) is 0 Å². The van der Waals surface area contributed by atoms with Gasteiger partial charge in [-0.3, -0.25) is 4.79 Å². The van der Waals surface area contributed by atoms with Crippen LogP contribution in [0.4, 0.5) is 10.1 Å². The number of esters is 1. The maximum atomic E-state index is 13.8. The minimum atomic E-state index is -1.03. The number of fused-ring (bicyclic) bond motifs is 3. The Bertz CT molecular complexity index is 1060. The first-order valence-electron chi connectivity index (χ1n) is 20.6. The third-order valence-electron chi connectivity index (χ3n) is 9.56. The van der Waals surface area contributed by atoms with E-state index in [0.29, 0.717) is 12.5 Å². The van der Waals surface area contributed by atoms with Crippen molar-refractivity contribution < 1.29 is 13.9 Å². The standard InChI is InChI=1S/C38H62FN3O2.3C2H6/c1-7-9-10-11-12-13-14-22-37(43)44-35(32(18-8-2)24-23-31(3)39)21-17-26-41-27-25-36-38(4,30-41)33-19-15-16-20-34(33)42(36)29-28-40(5)6;3*1-2/h15-16,18-20,23-24,31,35-36H,7-14,17,21-22,25-30H2,1-6H3;3*1-2H3/b24-23-,32-18+;;;. The first kappa shape index (κ1) is 47.8. The molecule has 290 valence electrons. The molecule has 0 aliphatic carbocycles. The van der Waals surface area contributed by atoms with Crippen LogP contribution in [-0.2, 0) is 14.9 Å². The Hall–Kier alpha value is -2.18. The number of hydrogen-bond donors (Lipinski definition) is 0. The van der Waals surface area contributed by atoms with E-state index in [-0.39, 0.29) is 17.5 Å². The van der Waals surface area contributed by atoms with E-state index >= 15 is 0 Å². The molecule has 0 spiro atoms. The number of likely N-dealkylation sites (tertiary alicyclic amines) is 1. The van der Waals surface area contributed by atoms with Crippen LogP contribution in [-0.4, -0.2) is 80.9 Å². The molecular weight excluding hydrogens is 622 g/mol. The highest BCUT2D eigenvalue weighted by molar-refractivity contribution is 5.70. The summed E-state index contributed by atoms with van der Waals surface area (Å²) in [6.45, 7) is 25.5. The monoisotopic (exact) mass is 702 g/mol. The van der Waals surface area contributed by atoms with Crippen LogP contribution in [0.15, 0.2) is 48.1 Å². The molecule has 1 aromatic carbocycles. The molecule has 4 atom stereocenters. The van der Waals surface area contributed by atoms with Crippen LogP contribution in [0, 0.1) is 0 Å². The number of allylic oxidation sites excluding steroid dienone is 2. The van der Waals surface area contributed by atoms with Gasteiger partial charge in [0, 0.05) is 49.7 Å². The van der Waals surface area contributed by atoms with Crippen molar-refractivity contribution in [3.8, 4) is 0 Å². The summed E-state index contributed by atoms with van der Waals surface area (Å²) < 4.78 is 19.9. The van der Waals surface area contributed by atoms with E-state index < -0.39 is 6.17 Å². The predicted molar refractivity (Wildman–Crippen MR) is 218 cm³/mol. The topological polar surface area (TPSA) is 36.0 Å². The molecular formula is C44H80FN3O2. The molecule has 1 fully saturated rings. The van der Waals surface area contributed by atoms with Crippen LogP contribution in [0.2, 0.25) is 0 Å². The summed E-state index contributed by atoms with van der Waals surface area (Å²) in [6, 6.07) is 9.52. The van der Waals surface area contributed by atoms with Crippen molar-refractivity contribution >= 4 is 11.7 Å². The highest BCUT2D eigenvalue weighted by Crippen LogP contribution is 2.48. The molecule has 0 aromatic heterocycles. The van der Waals surface area contributed by atoms with Crippen molar-refractivity contribution in [2.24, 2.45) is 0 Å². The summed E-state index contributed by atoms with van der Waals surface area (Å²) in [5.41, 5.74) is 3.90. The number of likely N-dealkylation sites (N-methyl/N-ethyl adjacent to an activating group) is 1. The second-order valence-electron chi connectivity index (χ2n) is 13.7. The number of halogens is 1. The maximum absolute atomic E-state index is 13.8. The third kappa shape index (κ3) is 16.4. The van der Waals surface area contributed by atoms with E-state index in [9.17, 15) is 9.18 Å². The quantitative estimate of drug-likeness (QED) is 0.0768. The number of alkyl halides is 1. The smallest absolute Gasteiger partial charge is 0.306 e. The fourth-order valence-corrected chi connectivity index (χ4v) is 7.21. The molecule has 1 aromatic rings. The molecule has 2 heterocycles. The number of piperidine rings is 1. The minimum Gasteiger partial charge on any atom is -0.457 e. The van der Waals surface area contributed by atoms with Gasteiger partial charge in [-0.1, -0.05) is 137 Å². The summed E-state index contributed by atoms with van der Waals surface area (Å²) in [7, 11) is 4.30. The summed E-state index contributed by atoms with van der Waals surface area (Å²) in [4.78, 5) is 20.5. The van der Waals surface area contributed by atoms with Gasteiger partial charge in [0.15, 0.2) is 0 Å². The zero-order valence-corrected chi connectivity index (χ0v) is 34.8. The van der Waals surface area contributed by atoms with Crippen molar-refractivity contribution in [1.82, 2.24) is 9.80 Å². The third-order valence-corrected chi connectivity index (χ3v) is 9.56. The van der Waals surface area contributed by atoms with Gasteiger partial charge in [0.25, 0.3) is 0 Å². The van der Waals surface area contributed by atoms with Gasteiger partial charge in [-0.2, -0.15) is 0 Å². The molecule has 1 saturated heterocycles. The zero-order valence-electron chi connectivity index (χ0n) is 34.8. The summed E-state index contributed by atoms with van der Waals surface area (Å²) in [5, 5.41) is 0.